The van der Waals surface area contributed by atoms with Gasteiger partial charge in [-0.25, -0.2) is 13.1 Å². The monoisotopic (exact) mass is 296 g/mol. The standard InChI is InChI=1S/C15H24N2O2S/c1-2-13-5-7-14(8-6-13)11-17-20(18,19)12-15-4-3-9-16-10-15/h5-8,15-17H,2-4,9-12H2,1H3. The number of rotatable bonds is 6. The molecule has 1 aliphatic heterocycles. The molecule has 0 saturated carbocycles. The van der Waals surface area contributed by atoms with Crippen LogP contribution in [-0.4, -0.2) is 27.3 Å². The largest absolute Gasteiger partial charge is 0.316 e. The lowest BCUT2D eigenvalue weighted by Gasteiger charge is -2.22. The van der Waals surface area contributed by atoms with E-state index in [1.54, 1.807) is 0 Å². The summed E-state index contributed by atoms with van der Waals surface area (Å²) in [7, 11) is -3.19. The van der Waals surface area contributed by atoms with Gasteiger partial charge >= 0.3 is 0 Å². The second kappa shape index (κ2) is 7.20. The third-order valence-corrected chi connectivity index (χ3v) is 5.28. The van der Waals surface area contributed by atoms with Gasteiger partial charge in [-0.2, -0.15) is 0 Å². The van der Waals surface area contributed by atoms with Crippen molar-refractivity contribution in [1.29, 1.82) is 0 Å². The van der Waals surface area contributed by atoms with Gasteiger partial charge in [0.25, 0.3) is 0 Å². The fourth-order valence-corrected chi connectivity index (χ4v) is 3.93. The van der Waals surface area contributed by atoms with E-state index in [0.717, 1.165) is 37.9 Å². The molecule has 1 aliphatic rings. The van der Waals surface area contributed by atoms with Crippen LogP contribution in [0.2, 0.25) is 0 Å². The molecule has 0 aliphatic carbocycles. The second-order valence-electron chi connectivity index (χ2n) is 5.48. The van der Waals surface area contributed by atoms with Crippen LogP contribution in [0.5, 0.6) is 0 Å². The summed E-state index contributed by atoms with van der Waals surface area (Å²) in [6.45, 7) is 4.31. The van der Waals surface area contributed by atoms with E-state index < -0.39 is 10.0 Å². The van der Waals surface area contributed by atoms with Crippen molar-refractivity contribution < 1.29 is 8.42 Å². The molecule has 1 saturated heterocycles. The van der Waals surface area contributed by atoms with E-state index in [1.807, 2.05) is 12.1 Å². The molecule has 0 radical (unpaired) electrons. The molecule has 0 aromatic heterocycles. The number of hydrogen-bond donors (Lipinski definition) is 2. The maximum Gasteiger partial charge on any atom is 0.212 e. The van der Waals surface area contributed by atoms with Crippen molar-refractivity contribution in [2.45, 2.75) is 32.7 Å². The van der Waals surface area contributed by atoms with Gasteiger partial charge in [-0.3, -0.25) is 0 Å². The highest BCUT2D eigenvalue weighted by Gasteiger charge is 2.20. The SMILES string of the molecule is CCc1ccc(CNS(=O)(=O)CC2CCCNC2)cc1. The Bertz CT molecular complexity index is 505. The maximum atomic E-state index is 12.1. The molecule has 1 fully saturated rings. The quantitative estimate of drug-likeness (QED) is 0.839. The average Bonchev–Trinajstić information content (AvgIpc) is 2.46. The van der Waals surface area contributed by atoms with Crippen LogP contribution in [0.1, 0.15) is 30.9 Å². The molecule has 2 rings (SSSR count). The van der Waals surface area contributed by atoms with Crippen molar-refractivity contribution in [3.8, 4) is 0 Å². The van der Waals surface area contributed by atoms with E-state index in [9.17, 15) is 8.42 Å². The molecule has 1 heterocycles. The average molecular weight is 296 g/mol. The molecule has 0 amide bonds. The first-order valence-electron chi connectivity index (χ1n) is 7.35. The van der Waals surface area contributed by atoms with Crippen LogP contribution in [0.25, 0.3) is 0 Å². The zero-order chi connectivity index (χ0) is 14.4. The summed E-state index contributed by atoms with van der Waals surface area (Å²) in [6, 6.07) is 8.08. The lowest BCUT2D eigenvalue weighted by molar-refractivity contribution is 0.402. The summed E-state index contributed by atoms with van der Waals surface area (Å²) in [4.78, 5) is 0. The number of benzene rings is 1. The third-order valence-electron chi connectivity index (χ3n) is 3.78. The molecule has 1 atom stereocenters. The molecule has 2 N–H and O–H groups in total. The molecule has 5 heteroatoms. The van der Waals surface area contributed by atoms with E-state index in [1.165, 1.54) is 5.56 Å². The smallest absolute Gasteiger partial charge is 0.212 e. The van der Waals surface area contributed by atoms with Gasteiger partial charge in [-0.05, 0) is 49.4 Å². The topological polar surface area (TPSA) is 58.2 Å². The predicted molar refractivity (Wildman–Crippen MR) is 82.0 cm³/mol. The van der Waals surface area contributed by atoms with Crippen LogP contribution in [0.3, 0.4) is 0 Å². The van der Waals surface area contributed by atoms with E-state index in [0.29, 0.717) is 6.54 Å². The Kier molecular flexibility index (Phi) is 5.57. The summed E-state index contributed by atoms with van der Waals surface area (Å²) >= 11 is 0. The van der Waals surface area contributed by atoms with Crippen molar-refractivity contribution in [1.82, 2.24) is 10.0 Å². The van der Waals surface area contributed by atoms with Crippen molar-refractivity contribution in [2.24, 2.45) is 5.92 Å². The summed E-state index contributed by atoms with van der Waals surface area (Å²) < 4.78 is 26.8. The number of aryl methyl sites for hydroxylation is 1. The van der Waals surface area contributed by atoms with Crippen molar-refractivity contribution in [3.63, 3.8) is 0 Å². The van der Waals surface area contributed by atoms with E-state index in [-0.39, 0.29) is 11.7 Å². The number of hydrogen-bond acceptors (Lipinski definition) is 3. The Morgan fingerprint density at radius 3 is 2.55 bits per heavy atom. The summed E-state index contributed by atoms with van der Waals surface area (Å²) in [6.07, 6.45) is 3.07. The molecular weight excluding hydrogens is 272 g/mol. The zero-order valence-electron chi connectivity index (χ0n) is 12.1. The van der Waals surface area contributed by atoms with Gasteiger partial charge in [0.15, 0.2) is 0 Å². The lowest BCUT2D eigenvalue weighted by Crippen LogP contribution is -2.37. The van der Waals surface area contributed by atoms with Crippen LogP contribution in [-0.2, 0) is 23.0 Å². The Labute approximate surface area is 122 Å². The predicted octanol–water partition coefficient (Wildman–Crippen LogP) is 1.67. The molecule has 20 heavy (non-hydrogen) atoms. The van der Waals surface area contributed by atoms with Gasteiger partial charge in [0.2, 0.25) is 10.0 Å². The molecule has 1 aromatic carbocycles. The van der Waals surface area contributed by atoms with Crippen molar-refractivity contribution in [2.75, 3.05) is 18.8 Å². The number of sulfonamides is 1. The highest BCUT2D eigenvalue weighted by atomic mass is 32.2. The first-order chi connectivity index (χ1) is 9.59. The minimum Gasteiger partial charge on any atom is -0.316 e. The summed E-state index contributed by atoms with van der Waals surface area (Å²) in [5.74, 6) is 0.469. The van der Waals surface area contributed by atoms with E-state index in [2.05, 4.69) is 29.1 Å². The van der Waals surface area contributed by atoms with Crippen LogP contribution >= 0.6 is 0 Å². The Hall–Kier alpha value is -0.910. The van der Waals surface area contributed by atoms with Gasteiger partial charge in [0.1, 0.15) is 0 Å². The molecule has 112 valence electrons. The van der Waals surface area contributed by atoms with Crippen LogP contribution in [0, 0.1) is 5.92 Å². The molecule has 0 bridgehead atoms. The first kappa shape index (κ1) is 15.5. The zero-order valence-corrected chi connectivity index (χ0v) is 12.9. The van der Waals surface area contributed by atoms with Crippen LogP contribution < -0.4 is 10.0 Å². The minimum atomic E-state index is -3.19. The highest BCUT2D eigenvalue weighted by Crippen LogP contribution is 2.12. The Morgan fingerprint density at radius 1 is 1.25 bits per heavy atom. The molecular formula is C15H24N2O2S. The normalized spacial score (nSPS) is 19.9. The summed E-state index contributed by atoms with van der Waals surface area (Å²) in [5, 5.41) is 3.25. The van der Waals surface area contributed by atoms with Gasteiger partial charge in [-0.1, -0.05) is 31.2 Å². The Morgan fingerprint density at radius 2 is 1.95 bits per heavy atom. The van der Waals surface area contributed by atoms with Gasteiger partial charge in [0, 0.05) is 6.54 Å². The highest BCUT2D eigenvalue weighted by molar-refractivity contribution is 7.89. The van der Waals surface area contributed by atoms with E-state index in [4.69, 9.17) is 0 Å². The van der Waals surface area contributed by atoms with Crippen LogP contribution in [0.4, 0.5) is 0 Å². The van der Waals surface area contributed by atoms with Crippen molar-refractivity contribution in [3.05, 3.63) is 35.4 Å². The Balaban J connectivity index is 1.84. The van der Waals surface area contributed by atoms with Crippen LogP contribution in [0.15, 0.2) is 24.3 Å². The van der Waals surface area contributed by atoms with Gasteiger partial charge in [0.05, 0.1) is 5.75 Å². The third kappa shape index (κ3) is 4.89. The van der Waals surface area contributed by atoms with Gasteiger partial charge < -0.3 is 5.32 Å². The molecule has 4 nitrogen and oxygen atoms in total. The maximum absolute atomic E-state index is 12.1. The lowest BCUT2D eigenvalue weighted by atomic mass is 10.0. The fourth-order valence-electron chi connectivity index (χ4n) is 2.52. The number of piperidine rings is 1. The fraction of sp³-hybridized carbons (Fsp3) is 0.600. The first-order valence-corrected chi connectivity index (χ1v) is 9.00. The second-order valence-corrected chi connectivity index (χ2v) is 7.34. The minimum absolute atomic E-state index is 0.229. The van der Waals surface area contributed by atoms with Crippen molar-refractivity contribution >= 4 is 10.0 Å². The van der Waals surface area contributed by atoms with Gasteiger partial charge in [-0.15, -0.1) is 0 Å². The van der Waals surface area contributed by atoms with E-state index >= 15 is 0 Å². The molecule has 1 aromatic rings. The number of nitrogens with one attached hydrogen (secondary N) is 2. The molecule has 1 unspecified atom stereocenters. The summed E-state index contributed by atoms with van der Waals surface area (Å²) in [5.41, 5.74) is 2.28. The molecule has 0 spiro atoms.